The highest BCUT2D eigenvalue weighted by Crippen LogP contribution is 2.22. The summed E-state index contributed by atoms with van der Waals surface area (Å²) in [6, 6.07) is 21.0. The van der Waals surface area contributed by atoms with Gasteiger partial charge in [0.15, 0.2) is 5.82 Å². The van der Waals surface area contributed by atoms with Gasteiger partial charge in [-0.25, -0.2) is 4.39 Å². The second-order valence-corrected chi connectivity index (χ2v) is 8.82. The van der Waals surface area contributed by atoms with E-state index in [0.717, 1.165) is 21.3 Å². The third-order valence-electron chi connectivity index (χ3n) is 4.60. The molecule has 0 saturated carbocycles. The van der Waals surface area contributed by atoms with Gasteiger partial charge in [-0.15, -0.1) is 0 Å². The highest BCUT2D eigenvalue weighted by Gasteiger charge is 2.13. The summed E-state index contributed by atoms with van der Waals surface area (Å²) in [4.78, 5) is 12.8. The SMILES string of the molecule is O=C(Nc1nn(Cc2ccc(F)cc2)cc1Br)c1cccc(COc2cccc(Br)c2)c1. The minimum absolute atomic E-state index is 0.276. The van der Waals surface area contributed by atoms with Gasteiger partial charge in [-0.1, -0.05) is 46.3 Å². The second-order valence-electron chi connectivity index (χ2n) is 7.05. The number of amides is 1. The van der Waals surface area contributed by atoms with Gasteiger partial charge in [0.1, 0.15) is 18.2 Å². The number of anilines is 1. The predicted molar refractivity (Wildman–Crippen MR) is 128 cm³/mol. The number of ether oxygens (including phenoxy) is 1. The van der Waals surface area contributed by atoms with E-state index in [-0.39, 0.29) is 11.7 Å². The number of rotatable bonds is 7. The summed E-state index contributed by atoms with van der Waals surface area (Å²) < 4.78 is 22.2. The van der Waals surface area contributed by atoms with E-state index in [9.17, 15) is 9.18 Å². The highest BCUT2D eigenvalue weighted by molar-refractivity contribution is 9.10. The lowest BCUT2D eigenvalue weighted by Gasteiger charge is -2.08. The maximum atomic E-state index is 13.1. The lowest BCUT2D eigenvalue weighted by molar-refractivity contribution is 0.102. The van der Waals surface area contributed by atoms with E-state index in [0.29, 0.717) is 29.0 Å². The van der Waals surface area contributed by atoms with Crippen molar-refractivity contribution in [1.82, 2.24) is 9.78 Å². The van der Waals surface area contributed by atoms with Gasteiger partial charge < -0.3 is 10.1 Å². The predicted octanol–water partition coefficient (Wildman–Crippen LogP) is 6.43. The van der Waals surface area contributed by atoms with Gasteiger partial charge in [-0.2, -0.15) is 5.10 Å². The third-order valence-corrected chi connectivity index (χ3v) is 5.67. The standard InChI is InChI=1S/C24H18Br2FN3O2/c25-19-5-2-6-21(12-19)32-15-17-3-1-4-18(11-17)24(31)28-23-22(26)14-30(29-23)13-16-7-9-20(27)10-8-16/h1-12,14H,13,15H2,(H,28,29,31). The summed E-state index contributed by atoms with van der Waals surface area (Å²) in [6.07, 6.45) is 1.77. The maximum Gasteiger partial charge on any atom is 0.256 e. The van der Waals surface area contributed by atoms with E-state index in [2.05, 4.69) is 42.3 Å². The van der Waals surface area contributed by atoms with Gasteiger partial charge >= 0.3 is 0 Å². The quantitative estimate of drug-likeness (QED) is 0.284. The first kappa shape index (κ1) is 22.2. The molecular weight excluding hydrogens is 541 g/mol. The monoisotopic (exact) mass is 557 g/mol. The van der Waals surface area contributed by atoms with Crippen LogP contribution in [0.5, 0.6) is 5.75 Å². The number of nitrogens with zero attached hydrogens (tertiary/aromatic N) is 2. The molecule has 4 rings (SSSR count). The van der Waals surface area contributed by atoms with E-state index in [1.54, 1.807) is 35.1 Å². The summed E-state index contributed by atoms with van der Waals surface area (Å²) in [6.45, 7) is 0.796. The summed E-state index contributed by atoms with van der Waals surface area (Å²) in [5.41, 5.74) is 2.27. The lowest BCUT2D eigenvalue weighted by Crippen LogP contribution is -2.13. The van der Waals surface area contributed by atoms with Gasteiger partial charge in [0.05, 0.1) is 11.0 Å². The van der Waals surface area contributed by atoms with Crippen molar-refractivity contribution in [3.05, 3.63) is 110 Å². The molecule has 8 heteroatoms. The molecule has 3 aromatic carbocycles. The Morgan fingerprint density at radius 3 is 2.56 bits per heavy atom. The molecule has 0 aliphatic carbocycles. The Kier molecular flexibility index (Phi) is 7.02. The van der Waals surface area contributed by atoms with Gasteiger partial charge in [-0.3, -0.25) is 9.48 Å². The molecule has 1 heterocycles. The second kappa shape index (κ2) is 10.1. The van der Waals surface area contributed by atoms with Crippen molar-refractivity contribution < 1.29 is 13.9 Å². The molecule has 162 valence electrons. The molecule has 0 bridgehead atoms. The number of hydrogen-bond acceptors (Lipinski definition) is 3. The van der Waals surface area contributed by atoms with Crippen LogP contribution in [-0.2, 0) is 13.2 Å². The molecule has 0 unspecified atom stereocenters. The number of benzene rings is 3. The molecule has 5 nitrogen and oxygen atoms in total. The van der Waals surface area contributed by atoms with Gasteiger partial charge in [0, 0.05) is 16.2 Å². The molecule has 4 aromatic rings. The number of hydrogen-bond donors (Lipinski definition) is 1. The van der Waals surface area contributed by atoms with Crippen LogP contribution in [0.25, 0.3) is 0 Å². The van der Waals surface area contributed by atoms with Crippen molar-refractivity contribution in [2.45, 2.75) is 13.2 Å². The van der Waals surface area contributed by atoms with Crippen molar-refractivity contribution in [2.75, 3.05) is 5.32 Å². The molecule has 1 aromatic heterocycles. The Labute approximate surface area is 201 Å². The zero-order valence-electron chi connectivity index (χ0n) is 16.8. The van der Waals surface area contributed by atoms with E-state index >= 15 is 0 Å². The molecule has 0 atom stereocenters. The number of aromatic nitrogens is 2. The van der Waals surface area contributed by atoms with Crippen molar-refractivity contribution >= 4 is 43.6 Å². The average Bonchev–Trinajstić information content (AvgIpc) is 3.12. The summed E-state index contributed by atoms with van der Waals surface area (Å²) >= 11 is 6.85. The fraction of sp³-hybridized carbons (Fsp3) is 0.0833. The molecule has 0 spiro atoms. The Morgan fingerprint density at radius 1 is 1.00 bits per heavy atom. The van der Waals surface area contributed by atoms with Crippen LogP contribution in [0.4, 0.5) is 10.2 Å². The van der Waals surface area contributed by atoms with Gasteiger partial charge in [0.2, 0.25) is 0 Å². The van der Waals surface area contributed by atoms with Crippen LogP contribution >= 0.6 is 31.9 Å². The molecule has 0 aliphatic heterocycles. The Bertz CT molecular complexity index is 1240. The number of carbonyl (C=O) groups is 1. The van der Waals surface area contributed by atoms with E-state index < -0.39 is 0 Å². The maximum absolute atomic E-state index is 13.1. The van der Waals surface area contributed by atoms with E-state index in [1.807, 2.05) is 36.4 Å². The van der Waals surface area contributed by atoms with Crippen molar-refractivity contribution in [2.24, 2.45) is 0 Å². The van der Waals surface area contributed by atoms with Gasteiger partial charge in [-0.05, 0) is 69.5 Å². The first-order valence-electron chi connectivity index (χ1n) is 9.72. The van der Waals surface area contributed by atoms with Crippen LogP contribution in [0.1, 0.15) is 21.5 Å². The minimum Gasteiger partial charge on any atom is -0.489 e. The molecule has 0 radical (unpaired) electrons. The van der Waals surface area contributed by atoms with Crippen LogP contribution in [0, 0.1) is 5.82 Å². The first-order chi connectivity index (χ1) is 15.5. The first-order valence-corrected chi connectivity index (χ1v) is 11.3. The van der Waals surface area contributed by atoms with Crippen LogP contribution < -0.4 is 10.1 Å². The third kappa shape index (κ3) is 5.83. The minimum atomic E-state index is -0.285. The van der Waals surface area contributed by atoms with E-state index in [1.165, 1.54) is 12.1 Å². The Hall–Kier alpha value is -2.97. The molecule has 0 aliphatic rings. The summed E-state index contributed by atoms with van der Waals surface area (Å²) in [5, 5.41) is 7.24. The largest absolute Gasteiger partial charge is 0.489 e. The average molecular weight is 559 g/mol. The molecule has 1 amide bonds. The summed E-state index contributed by atoms with van der Waals surface area (Å²) in [7, 11) is 0. The number of nitrogens with one attached hydrogen (secondary N) is 1. The fourth-order valence-electron chi connectivity index (χ4n) is 3.05. The molecule has 32 heavy (non-hydrogen) atoms. The van der Waals surface area contributed by atoms with Crippen LogP contribution in [0.2, 0.25) is 0 Å². The Balaban J connectivity index is 1.41. The topological polar surface area (TPSA) is 56.2 Å². The molecule has 0 fully saturated rings. The number of carbonyl (C=O) groups excluding carboxylic acids is 1. The van der Waals surface area contributed by atoms with Crippen molar-refractivity contribution in [3.63, 3.8) is 0 Å². The normalized spacial score (nSPS) is 10.7. The van der Waals surface area contributed by atoms with E-state index in [4.69, 9.17) is 4.74 Å². The van der Waals surface area contributed by atoms with Crippen molar-refractivity contribution in [3.8, 4) is 5.75 Å². The van der Waals surface area contributed by atoms with Crippen molar-refractivity contribution in [1.29, 1.82) is 0 Å². The lowest BCUT2D eigenvalue weighted by atomic mass is 10.1. The smallest absolute Gasteiger partial charge is 0.256 e. The highest BCUT2D eigenvalue weighted by atomic mass is 79.9. The van der Waals surface area contributed by atoms with Crippen LogP contribution in [-0.4, -0.2) is 15.7 Å². The summed E-state index contributed by atoms with van der Waals surface area (Å²) in [5.74, 6) is 0.590. The van der Waals surface area contributed by atoms with Crippen LogP contribution in [0.15, 0.2) is 87.9 Å². The zero-order valence-corrected chi connectivity index (χ0v) is 19.9. The molecular formula is C24H18Br2FN3O2. The number of halogens is 3. The van der Waals surface area contributed by atoms with Gasteiger partial charge in [0.25, 0.3) is 5.91 Å². The fourth-order valence-corrected chi connectivity index (χ4v) is 3.84. The molecule has 1 N–H and O–H groups in total. The zero-order chi connectivity index (χ0) is 22.5. The molecule has 0 saturated heterocycles. The Morgan fingerprint density at radius 2 is 1.78 bits per heavy atom. The van der Waals surface area contributed by atoms with Crippen LogP contribution in [0.3, 0.4) is 0 Å².